The average Bonchev–Trinajstić information content (AvgIpc) is 2.70. The maximum absolute atomic E-state index is 5.84. The molecule has 2 rings (SSSR count). The quantitative estimate of drug-likeness (QED) is 0.756. The van der Waals surface area contributed by atoms with Crippen molar-refractivity contribution in [3.05, 3.63) is 29.0 Å². The van der Waals surface area contributed by atoms with Crippen LogP contribution in [0.5, 0.6) is 0 Å². The van der Waals surface area contributed by atoms with Gasteiger partial charge in [-0.3, -0.25) is 4.90 Å². The van der Waals surface area contributed by atoms with Gasteiger partial charge in [-0.05, 0) is 37.6 Å². The van der Waals surface area contributed by atoms with Crippen molar-refractivity contribution in [3.63, 3.8) is 0 Å². The SMILES string of the molecule is CN(Cc1ccnc(Cl)c1)CC1CCCO1. The van der Waals surface area contributed by atoms with Gasteiger partial charge >= 0.3 is 0 Å². The minimum Gasteiger partial charge on any atom is -0.377 e. The summed E-state index contributed by atoms with van der Waals surface area (Å²) in [4.78, 5) is 6.24. The van der Waals surface area contributed by atoms with Gasteiger partial charge in [0.05, 0.1) is 6.10 Å². The van der Waals surface area contributed by atoms with E-state index in [1.165, 1.54) is 18.4 Å². The van der Waals surface area contributed by atoms with Crippen LogP contribution in [-0.4, -0.2) is 36.2 Å². The van der Waals surface area contributed by atoms with Crippen molar-refractivity contribution >= 4 is 11.6 Å². The summed E-state index contributed by atoms with van der Waals surface area (Å²) in [6.07, 6.45) is 4.53. The Morgan fingerprint density at radius 3 is 3.19 bits per heavy atom. The predicted octanol–water partition coefficient (Wildman–Crippen LogP) is 2.35. The Hall–Kier alpha value is -0.640. The fourth-order valence-corrected chi connectivity index (χ4v) is 2.25. The van der Waals surface area contributed by atoms with E-state index in [4.69, 9.17) is 16.3 Å². The summed E-state index contributed by atoms with van der Waals surface area (Å²) in [7, 11) is 2.11. The molecule has 1 fully saturated rings. The smallest absolute Gasteiger partial charge is 0.129 e. The Morgan fingerprint density at radius 2 is 2.50 bits per heavy atom. The standard InChI is InChI=1S/C12H17ClN2O/c1-15(9-11-3-2-6-16-11)8-10-4-5-14-12(13)7-10/h4-5,7,11H,2-3,6,8-9H2,1H3. The summed E-state index contributed by atoms with van der Waals surface area (Å²) in [6.45, 7) is 2.79. The molecule has 1 aliphatic heterocycles. The summed E-state index contributed by atoms with van der Waals surface area (Å²) in [5, 5.41) is 0.558. The Kier molecular flexibility index (Phi) is 4.16. The maximum Gasteiger partial charge on any atom is 0.129 e. The lowest BCUT2D eigenvalue weighted by atomic mass is 10.2. The lowest BCUT2D eigenvalue weighted by Crippen LogP contribution is -2.28. The number of pyridine rings is 1. The minimum absolute atomic E-state index is 0.405. The van der Waals surface area contributed by atoms with Gasteiger partial charge in [0.25, 0.3) is 0 Å². The highest BCUT2D eigenvalue weighted by molar-refractivity contribution is 6.29. The van der Waals surface area contributed by atoms with Crippen molar-refractivity contribution in [1.29, 1.82) is 0 Å². The molecule has 88 valence electrons. The Labute approximate surface area is 101 Å². The van der Waals surface area contributed by atoms with Gasteiger partial charge in [-0.25, -0.2) is 4.98 Å². The predicted molar refractivity (Wildman–Crippen MR) is 64.6 cm³/mol. The molecular weight excluding hydrogens is 224 g/mol. The number of ether oxygens (including phenoxy) is 1. The van der Waals surface area contributed by atoms with Crippen molar-refractivity contribution in [3.8, 4) is 0 Å². The van der Waals surface area contributed by atoms with Gasteiger partial charge in [0.1, 0.15) is 5.15 Å². The second-order valence-electron chi connectivity index (χ2n) is 4.32. The molecule has 0 aromatic carbocycles. The molecule has 0 aliphatic carbocycles. The van der Waals surface area contributed by atoms with Crippen LogP contribution in [0.4, 0.5) is 0 Å². The molecule has 1 atom stereocenters. The van der Waals surface area contributed by atoms with E-state index >= 15 is 0 Å². The monoisotopic (exact) mass is 240 g/mol. The number of hydrogen-bond acceptors (Lipinski definition) is 3. The number of likely N-dealkylation sites (N-methyl/N-ethyl adjacent to an activating group) is 1. The number of halogens is 1. The van der Waals surface area contributed by atoms with Crippen molar-refractivity contribution in [2.24, 2.45) is 0 Å². The van der Waals surface area contributed by atoms with E-state index in [2.05, 4.69) is 16.9 Å². The fraction of sp³-hybridized carbons (Fsp3) is 0.583. The second-order valence-corrected chi connectivity index (χ2v) is 4.71. The van der Waals surface area contributed by atoms with Crippen molar-refractivity contribution in [2.75, 3.05) is 20.2 Å². The summed E-state index contributed by atoms with van der Waals surface area (Å²) < 4.78 is 5.60. The van der Waals surface area contributed by atoms with Gasteiger partial charge in [0, 0.05) is 25.9 Å². The van der Waals surface area contributed by atoms with Crippen LogP contribution in [0.1, 0.15) is 18.4 Å². The molecule has 2 heterocycles. The third-order valence-electron chi connectivity index (χ3n) is 2.78. The van der Waals surface area contributed by atoms with Crippen molar-refractivity contribution in [2.45, 2.75) is 25.5 Å². The maximum atomic E-state index is 5.84. The number of nitrogens with zero attached hydrogens (tertiary/aromatic N) is 2. The molecular formula is C12H17ClN2O. The molecule has 1 aromatic heterocycles. The molecule has 16 heavy (non-hydrogen) atoms. The number of aromatic nitrogens is 1. The highest BCUT2D eigenvalue weighted by atomic mass is 35.5. The first kappa shape index (κ1) is 11.8. The fourth-order valence-electron chi connectivity index (χ4n) is 2.05. The summed E-state index contributed by atoms with van der Waals surface area (Å²) >= 11 is 5.84. The lowest BCUT2D eigenvalue weighted by molar-refractivity contribution is 0.0793. The first-order chi connectivity index (χ1) is 7.74. The van der Waals surface area contributed by atoms with E-state index in [0.29, 0.717) is 11.3 Å². The van der Waals surface area contributed by atoms with Gasteiger partial charge in [0.15, 0.2) is 0 Å². The van der Waals surface area contributed by atoms with E-state index in [1.54, 1.807) is 6.20 Å². The molecule has 0 N–H and O–H groups in total. The van der Waals surface area contributed by atoms with Gasteiger partial charge in [-0.2, -0.15) is 0 Å². The first-order valence-corrected chi connectivity index (χ1v) is 6.02. The van der Waals surface area contributed by atoms with Crippen LogP contribution in [0.2, 0.25) is 5.15 Å². The van der Waals surface area contributed by atoms with Gasteiger partial charge < -0.3 is 4.74 Å². The Morgan fingerprint density at radius 1 is 1.62 bits per heavy atom. The van der Waals surface area contributed by atoms with Crippen LogP contribution in [0.3, 0.4) is 0 Å². The van der Waals surface area contributed by atoms with Crippen LogP contribution < -0.4 is 0 Å². The lowest BCUT2D eigenvalue weighted by Gasteiger charge is -2.20. The Bertz CT molecular complexity index is 340. The molecule has 0 saturated carbocycles. The van der Waals surface area contributed by atoms with Crippen LogP contribution >= 0.6 is 11.6 Å². The molecule has 0 bridgehead atoms. The first-order valence-electron chi connectivity index (χ1n) is 5.64. The van der Waals surface area contributed by atoms with Gasteiger partial charge in [0.2, 0.25) is 0 Å². The molecule has 1 unspecified atom stereocenters. The average molecular weight is 241 g/mol. The topological polar surface area (TPSA) is 25.4 Å². The largest absolute Gasteiger partial charge is 0.377 e. The zero-order chi connectivity index (χ0) is 11.4. The second kappa shape index (κ2) is 5.62. The van der Waals surface area contributed by atoms with E-state index in [1.807, 2.05) is 12.1 Å². The Balaban J connectivity index is 1.84. The molecule has 0 spiro atoms. The minimum atomic E-state index is 0.405. The number of rotatable bonds is 4. The normalized spacial score (nSPS) is 20.6. The van der Waals surface area contributed by atoms with Crippen LogP contribution in [0, 0.1) is 0 Å². The highest BCUT2D eigenvalue weighted by Crippen LogP contribution is 2.14. The van der Waals surface area contributed by atoms with Gasteiger partial charge in [-0.15, -0.1) is 0 Å². The summed E-state index contributed by atoms with van der Waals surface area (Å²) in [5.41, 5.74) is 1.19. The molecule has 1 aromatic rings. The molecule has 0 radical (unpaired) electrons. The van der Waals surface area contributed by atoms with Gasteiger partial charge in [-0.1, -0.05) is 11.6 Å². The zero-order valence-electron chi connectivity index (χ0n) is 9.53. The van der Waals surface area contributed by atoms with Crippen LogP contribution in [0.15, 0.2) is 18.3 Å². The number of hydrogen-bond donors (Lipinski definition) is 0. The van der Waals surface area contributed by atoms with E-state index in [9.17, 15) is 0 Å². The zero-order valence-corrected chi connectivity index (χ0v) is 10.3. The van der Waals surface area contributed by atoms with Crippen molar-refractivity contribution < 1.29 is 4.74 Å². The van der Waals surface area contributed by atoms with E-state index in [-0.39, 0.29) is 0 Å². The molecule has 0 amide bonds. The summed E-state index contributed by atoms with van der Waals surface area (Å²) in [5.74, 6) is 0. The summed E-state index contributed by atoms with van der Waals surface area (Å²) in [6, 6.07) is 3.91. The third-order valence-corrected chi connectivity index (χ3v) is 2.99. The highest BCUT2D eigenvalue weighted by Gasteiger charge is 2.17. The van der Waals surface area contributed by atoms with Crippen LogP contribution in [-0.2, 0) is 11.3 Å². The molecule has 1 saturated heterocycles. The molecule has 3 nitrogen and oxygen atoms in total. The molecule has 1 aliphatic rings. The molecule has 4 heteroatoms. The van der Waals surface area contributed by atoms with E-state index < -0.39 is 0 Å². The van der Waals surface area contributed by atoms with E-state index in [0.717, 1.165) is 19.7 Å². The third kappa shape index (κ3) is 3.44. The van der Waals surface area contributed by atoms with Crippen LogP contribution in [0.25, 0.3) is 0 Å². The van der Waals surface area contributed by atoms with Crippen molar-refractivity contribution in [1.82, 2.24) is 9.88 Å².